The molecule has 1 aliphatic rings. The molecule has 13 heavy (non-hydrogen) atoms. The summed E-state index contributed by atoms with van der Waals surface area (Å²) in [6.07, 6.45) is 1.21. The summed E-state index contributed by atoms with van der Waals surface area (Å²) in [5.41, 5.74) is 6.11. The van der Waals surface area contributed by atoms with Crippen LogP contribution in [0.25, 0.3) is 0 Å². The topological polar surface area (TPSA) is 0 Å². The first-order valence-corrected chi connectivity index (χ1v) is 5.79. The van der Waals surface area contributed by atoms with Crippen LogP contribution < -0.4 is 0 Å². The Kier molecular flexibility index (Phi) is 5.65. The van der Waals surface area contributed by atoms with Gasteiger partial charge in [-0.25, -0.2) is 0 Å². The number of halogens is 3. The van der Waals surface area contributed by atoms with Gasteiger partial charge in [0.25, 0.3) is 0 Å². The second-order valence-corrected chi connectivity index (χ2v) is 3.87. The molecule has 0 N–H and O–H groups in total. The number of allylic oxidation sites excluding steroid dienone is 4. The maximum absolute atomic E-state index is 9.83. The van der Waals surface area contributed by atoms with Crippen molar-refractivity contribution in [2.45, 2.75) is 34.1 Å². The van der Waals surface area contributed by atoms with Crippen molar-refractivity contribution in [1.82, 2.24) is 0 Å². The molecule has 0 heterocycles. The van der Waals surface area contributed by atoms with Crippen molar-refractivity contribution in [3.63, 3.8) is 0 Å². The van der Waals surface area contributed by atoms with Crippen LogP contribution in [0.4, 0.5) is 9.28 Å². The fourth-order valence-electron chi connectivity index (χ4n) is 1.30. The van der Waals surface area contributed by atoms with Crippen molar-refractivity contribution in [1.29, 1.82) is 0 Å². The predicted octanol–water partition coefficient (Wildman–Crippen LogP) is 4.32. The van der Waals surface area contributed by atoms with Crippen LogP contribution in [0.1, 0.15) is 34.1 Å². The molecule has 0 amide bonds. The number of hydrogen-bond acceptors (Lipinski definition) is 0. The number of hydrogen-bond donors (Lipinski definition) is 0. The van der Waals surface area contributed by atoms with E-state index in [9.17, 15) is 9.28 Å². The van der Waals surface area contributed by atoms with Crippen molar-refractivity contribution in [3.05, 3.63) is 22.3 Å². The molecule has 0 radical (unpaired) electrons. The van der Waals surface area contributed by atoms with Gasteiger partial charge >= 0.3 is 28.8 Å². The molecule has 0 aliphatic heterocycles. The van der Waals surface area contributed by atoms with Crippen LogP contribution in [-0.4, -0.2) is 0 Å². The predicted molar refractivity (Wildman–Crippen MR) is 44.7 cm³/mol. The maximum atomic E-state index is 9.83. The molecule has 0 unspecified atom stereocenters. The summed E-state index contributed by atoms with van der Waals surface area (Å²) in [5, 5.41) is 0. The Labute approximate surface area is 85.4 Å². The van der Waals surface area contributed by atoms with Crippen LogP contribution in [0.15, 0.2) is 22.3 Å². The molecule has 0 aromatic carbocycles. The molecular formula is C9H14F3Ti. The van der Waals surface area contributed by atoms with E-state index in [0.717, 1.165) is 0 Å². The third-order valence-electron chi connectivity index (χ3n) is 2.37. The quantitative estimate of drug-likeness (QED) is 0.540. The molecule has 1 rings (SSSR count). The molecule has 0 nitrogen and oxygen atoms in total. The van der Waals surface area contributed by atoms with E-state index in [1.54, 1.807) is 11.1 Å². The normalized spacial score (nSPS) is 15.9. The molecular weight excluding hydrogens is 213 g/mol. The van der Waals surface area contributed by atoms with Gasteiger partial charge in [-0.1, -0.05) is 11.1 Å². The van der Waals surface area contributed by atoms with E-state index in [4.69, 9.17) is 0 Å². The summed E-state index contributed by atoms with van der Waals surface area (Å²) in [7, 11) is 0. The van der Waals surface area contributed by atoms with E-state index in [1.807, 2.05) is 0 Å². The van der Waals surface area contributed by atoms with Crippen molar-refractivity contribution < 1.29 is 28.8 Å². The van der Waals surface area contributed by atoms with Crippen molar-refractivity contribution in [3.8, 4) is 0 Å². The Morgan fingerprint density at radius 1 is 0.846 bits per heavy atom. The Balaban J connectivity index is 0.000000310. The monoisotopic (exact) mass is 227 g/mol. The second kappa shape index (κ2) is 5.66. The van der Waals surface area contributed by atoms with Gasteiger partial charge in [0.15, 0.2) is 0 Å². The molecule has 0 aromatic rings. The molecule has 0 atom stereocenters. The molecule has 0 aromatic heterocycles. The van der Waals surface area contributed by atoms with Crippen LogP contribution in [0.3, 0.4) is 0 Å². The zero-order valence-corrected chi connectivity index (χ0v) is 9.90. The third-order valence-corrected chi connectivity index (χ3v) is 2.37. The second-order valence-electron chi connectivity index (χ2n) is 3.20. The fraction of sp³-hybridized carbons (Fsp3) is 0.556. The molecule has 4 heteroatoms. The Bertz CT molecular complexity index is 216. The summed E-state index contributed by atoms with van der Waals surface area (Å²) in [5.74, 6) is 0. The van der Waals surface area contributed by atoms with E-state index in [0.29, 0.717) is 0 Å². The van der Waals surface area contributed by atoms with E-state index in [-0.39, 0.29) is 0 Å². The summed E-state index contributed by atoms with van der Waals surface area (Å²) >= 11 is -4.83. The van der Waals surface area contributed by atoms with Gasteiger partial charge in [0.2, 0.25) is 0 Å². The van der Waals surface area contributed by atoms with E-state index in [1.165, 1.54) is 17.6 Å². The SMILES string of the molecule is CC1=C(C)C(C)=C(C)C1.[F][Ti]([F])[F]. The molecule has 0 saturated heterocycles. The molecule has 0 bridgehead atoms. The van der Waals surface area contributed by atoms with Crippen LogP contribution in [0.2, 0.25) is 0 Å². The van der Waals surface area contributed by atoms with E-state index >= 15 is 0 Å². The molecule has 1 aliphatic carbocycles. The van der Waals surface area contributed by atoms with Gasteiger partial charge in [-0.05, 0) is 45.3 Å². The van der Waals surface area contributed by atoms with Crippen molar-refractivity contribution in [2.75, 3.05) is 0 Å². The van der Waals surface area contributed by atoms with Gasteiger partial charge in [-0.3, -0.25) is 0 Å². The van der Waals surface area contributed by atoms with Crippen LogP contribution in [0, 0.1) is 0 Å². The standard InChI is InChI=1S/C9H14.3FH.Ti/c1-6-5-7(2)9(4)8(6)3;;;;/h5H2,1-4H3;3*1H;/q;;;;+3/p-3. The minimum atomic E-state index is -4.83. The molecule has 75 valence electrons. The fourth-order valence-corrected chi connectivity index (χ4v) is 1.30. The van der Waals surface area contributed by atoms with Crippen molar-refractivity contribution >= 4 is 0 Å². The van der Waals surface area contributed by atoms with Gasteiger partial charge in [0.05, 0.1) is 0 Å². The first-order valence-electron chi connectivity index (χ1n) is 4.02. The Morgan fingerprint density at radius 3 is 1.15 bits per heavy atom. The Morgan fingerprint density at radius 2 is 1.08 bits per heavy atom. The summed E-state index contributed by atoms with van der Waals surface area (Å²) in [6, 6.07) is 0. The minimum absolute atomic E-state index is 1.21. The average molecular weight is 227 g/mol. The zero-order valence-electron chi connectivity index (χ0n) is 8.34. The third kappa shape index (κ3) is 4.68. The van der Waals surface area contributed by atoms with E-state index in [2.05, 4.69) is 27.7 Å². The van der Waals surface area contributed by atoms with Crippen molar-refractivity contribution in [2.24, 2.45) is 0 Å². The van der Waals surface area contributed by atoms with Gasteiger partial charge in [-0.15, -0.1) is 0 Å². The van der Waals surface area contributed by atoms with Gasteiger partial charge < -0.3 is 0 Å². The van der Waals surface area contributed by atoms with Gasteiger partial charge in [-0.2, -0.15) is 0 Å². The van der Waals surface area contributed by atoms with E-state index < -0.39 is 19.5 Å². The summed E-state index contributed by atoms with van der Waals surface area (Å²) in [6.45, 7) is 8.85. The van der Waals surface area contributed by atoms with Gasteiger partial charge in [0.1, 0.15) is 0 Å². The Hall–Kier alpha value is -0.0157. The van der Waals surface area contributed by atoms with Gasteiger partial charge in [0, 0.05) is 0 Å². The molecule has 0 fully saturated rings. The van der Waals surface area contributed by atoms with Crippen LogP contribution in [-0.2, 0) is 19.5 Å². The first kappa shape index (κ1) is 13.0. The average Bonchev–Trinajstić information content (AvgIpc) is 2.17. The van der Waals surface area contributed by atoms with Crippen LogP contribution >= 0.6 is 0 Å². The first-order chi connectivity index (χ1) is 5.86. The number of rotatable bonds is 0. The summed E-state index contributed by atoms with van der Waals surface area (Å²) < 4.78 is 29.5. The zero-order chi connectivity index (χ0) is 10.6. The molecule has 0 spiro atoms. The summed E-state index contributed by atoms with van der Waals surface area (Å²) in [4.78, 5) is 0. The molecule has 0 saturated carbocycles. The van der Waals surface area contributed by atoms with Crippen LogP contribution in [0.5, 0.6) is 0 Å².